The monoisotopic (exact) mass is 246 g/mol. The van der Waals surface area contributed by atoms with Crippen molar-refractivity contribution in [2.24, 2.45) is 5.73 Å². The van der Waals surface area contributed by atoms with Gasteiger partial charge in [0, 0.05) is 24.7 Å². The molecule has 0 aromatic heterocycles. The van der Waals surface area contributed by atoms with Gasteiger partial charge in [-0.15, -0.1) is 0 Å². The summed E-state index contributed by atoms with van der Waals surface area (Å²) in [6.45, 7) is 5.44. The van der Waals surface area contributed by atoms with Crippen molar-refractivity contribution >= 4 is 5.91 Å². The molecule has 0 saturated carbocycles. The zero-order chi connectivity index (χ0) is 13.0. The average molecular weight is 246 g/mol. The van der Waals surface area contributed by atoms with Gasteiger partial charge >= 0.3 is 0 Å². The zero-order valence-corrected chi connectivity index (χ0v) is 10.3. The number of carbonyl (C=O) groups is 1. The number of nitrogens with zero attached hydrogens (tertiary/aromatic N) is 1. The number of nitrogens with two attached hydrogens (primary N) is 1. The number of rotatable bonds is 4. The van der Waals surface area contributed by atoms with Crippen LogP contribution in [0.5, 0.6) is 5.75 Å². The van der Waals surface area contributed by atoms with Crippen molar-refractivity contribution in [1.82, 2.24) is 4.90 Å². The number of hydrogen-bond donors (Lipinski definition) is 1. The van der Waals surface area contributed by atoms with E-state index < -0.39 is 0 Å². The summed E-state index contributed by atoms with van der Waals surface area (Å²) in [7, 11) is 0. The zero-order valence-electron chi connectivity index (χ0n) is 10.3. The molecule has 0 aliphatic carbocycles. The van der Waals surface area contributed by atoms with E-state index in [-0.39, 0.29) is 11.9 Å². The SMILES string of the molecule is C=CCOc1ccc(C(=O)N2CC[C@@H](N)C2)cc1. The molecule has 0 unspecified atom stereocenters. The number of amides is 1. The fraction of sp³-hybridized carbons (Fsp3) is 0.357. The van der Waals surface area contributed by atoms with E-state index in [4.69, 9.17) is 10.5 Å². The molecule has 96 valence electrons. The van der Waals surface area contributed by atoms with Crippen LogP contribution in [0.2, 0.25) is 0 Å². The van der Waals surface area contributed by atoms with Crippen LogP contribution in [0.25, 0.3) is 0 Å². The Balaban J connectivity index is 2.00. The van der Waals surface area contributed by atoms with Gasteiger partial charge in [-0.1, -0.05) is 12.7 Å². The van der Waals surface area contributed by atoms with Crippen molar-refractivity contribution in [2.45, 2.75) is 12.5 Å². The summed E-state index contributed by atoms with van der Waals surface area (Å²) in [5, 5.41) is 0. The minimum atomic E-state index is 0.0400. The molecule has 1 aromatic carbocycles. The van der Waals surface area contributed by atoms with E-state index in [9.17, 15) is 4.79 Å². The third-order valence-corrected chi connectivity index (χ3v) is 2.98. The lowest BCUT2D eigenvalue weighted by Gasteiger charge is -2.15. The summed E-state index contributed by atoms with van der Waals surface area (Å²) in [6.07, 6.45) is 2.57. The normalized spacial score (nSPS) is 18.7. The fourth-order valence-electron chi connectivity index (χ4n) is 2.00. The highest BCUT2D eigenvalue weighted by molar-refractivity contribution is 5.94. The maximum Gasteiger partial charge on any atom is 0.253 e. The molecule has 0 bridgehead atoms. The van der Waals surface area contributed by atoms with Gasteiger partial charge in [0.05, 0.1) is 0 Å². The topological polar surface area (TPSA) is 55.6 Å². The smallest absolute Gasteiger partial charge is 0.253 e. The minimum absolute atomic E-state index is 0.0400. The lowest BCUT2D eigenvalue weighted by atomic mass is 10.2. The van der Waals surface area contributed by atoms with Crippen LogP contribution in [0.1, 0.15) is 16.8 Å². The first-order chi connectivity index (χ1) is 8.70. The van der Waals surface area contributed by atoms with E-state index in [0.717, 1.165) is 18.7 Å². The van der Waals surface area contributed by atoms with Gasteiger partial charge in [-0.2, -0.15) is 0 Å². The van der Waals surface area contributed by atoms with Gasteiger partial charge in [-0.05, 0) is 30.7 Å². The molecular formula is C14H18N2O2. The first-order valence-electron chi connectivity index (χ1n) is 6.09. The maximum absolute atomic E-state index is 12.1. The molecule has 4 heteroatoms. The summed E-state index contributed by atoms with van der Waals surface area (Å²) < 4.78 is 5.37. The third-order valence-electron chi connectivity index (χ3n) is 2.98. The molecule has 1 aliphatic heterocycles. The molecule has 0 spiro atoms. The van der Waals surface area contributed by atoms with Gasteiger partial charge in [0.2, 0.25) is 0 Å². The maximum atomic E-state index is 12.1. The summed E-state index contributed by atoms with van der Waals surface area (Å²) in [5.41, 5.74) is 6.47. The van der Waals surface area contributed by atoms with Crippen molar-refractivity contribution in [3.05, 3.63) is 42.5 Å². The van der Waals surface area contributed by atoms with Crippen LogP contribution in [0, 0.1) is 0 Å². The van der Waals surface area contributed by atoms with Crippen molar-refractivity contribution < 1.29 is 9.53 Å². The van der Waals surface area contributed by atoms with Crippen LogP contribution >= 0.6 is 0 Å². The fourth-order valence-corrected chi connectivity index (χ4v) is 2.00. The van der Waals surface area contributed by atoms with Crippen LogP contribution in [-0.4, -0.2) is 36.5 Å². The second-order valence-electron chi connectivity index (χ2n) is 4.42. The molecule has 0 radical (unpaired) electrons. The first-order valence-corrected chi connectivity index (χ1v) is 6.09. The Morgan fingerprint density at radius 1 is 1.50 bits per heavy atom. The highest BCUT2D eigenvalue weighted by atomic mass is 16.5. The number of ether oxygens (including phenoxy) is 1. The van der Waals surface area contributed by atoms with Crippen molar-refractivity contribution in [3.8, 4) is 5.75 Å². The quantitative estimate of drug-likeness (QED) is 0.818. The van der Waals surface area contributed by atoms with Crippen LogP contribution in [-0.2, 0) is 0 Å². The van der Waals surface area contributed by atoms with Gasteiger partial charge < -0.3 is 15.4 Å². The van der Waals surface area contributed by atoms with Crippen LogP contribution in [0.15, 0.2) is 36.9 Å². The van der Waals surface area contributed by atoms with Gasteiger partial charge in [0.25, 0.3) is 5.91 Å². The van der Waals surface area contributed by atoms with Gasteiger partial charge in [-0.25, -0.2) is 0 Å². The van der Waals surface area contributed by atoms with E-state index in [2.05, 4.69) is 6.58 Å². The number of hydrogen-bond acceptors (Lipinski definition) is 3. The molecule has 4 nitrogen and oxygen atoms in total. The summed E-state index contributed by atoms with van der Waals surface area (Å²) in [4.78, 5) is 13.9. The molecule has 1 saturated heterocycles. The third kappa shape index (κ3) is 2.90. The van der Waals surface area contributed by atoms with E-state index >= 15 is 0 Å². The van der Waals surface area contributed by atoms with Gasteiger partial charge in [0.15, 0.2) is 0 Å². The minimum Gasteiger partial charge on any atom is -0.490 e. The van der Waals surface area contributed by atoms with E-state index in [1.165, 1.54) is 0 Å². The Morgan fingerprint density at radius 3 is 2.78 bits per heavy atom. The number of carbonyl (C=O) groups excluding carboxylic acids is 1. The average Bonchev–Trinajstić information content (AvgIpc) is 2.83. The van der Waals surface area contributed by atoms with Crippen LogP contribution in [0.3, 0.4) is 0 Å². The van der Waals surface area contributed by atoms with Gasteiger partial charge in [-0.3, -0.25) is 4.79 Å². The molecule has 1 heterocycles. The number of benzene rings is 1. The highest BCUT2D eigenvalue weighted by Gasteiger charge is 2.24. The lowest BCUT2D eigenvalue weighted by molar-refractivity contribution is 0.0791. The van der Waals surface area contributed by atoms with Gasteiger partial charge in [0.1, 0.15) is 12.4 Å². The lowest BCUT2D eigenvalue weighted by Crippen LogP contribution is -2.31. The van der Waals surface area contributed by atoms with E-state index in [1.54, 1.807) is 35.2 Å². The molecule has 1 amide bonds. The van der Waals surface area contributed by atoms with Crippen molar-refractivity contribution in [1.29, 1.82) is 0 Å². The Morgan fingerprint density at radius 2 is 2.22 bits per heavy atom. The molecule has 2 N–H and O–H groups in total. The second-order valence-corrected chi connectivity index (χ2v) is 4.42. The molecule has 1 aromatic rings. The van der Waals surface area contributed by atoms with Crippen molar-refractivity contribution in [2.75, 3.05) is 19.7 Å². The Kier molecular flexibility index (Phi) is 3.99. The van der Waals surface area contributed by atoms with E-state index in [0.29, 0.717) is 18.7 Å². The standard InChI is InChI=1S/C14H18N2O2/c1-2-9-18-13-5-3-11(4-6-13)14(17)16-8-7-12(15)10-16/h2-6,12H,1,7-10,15H2/t12-/m1/s1. The molecule has 1 fully saturated rings. The Hall–Kier alpha value is -1.81. The molecule has 2 rings (SSSR count). The Labute approximate surface area is 107 Å². The molecule has 1 aliphatic rings. The molecular weight excluding hydrogens is 228 g/mol. The first kappa shape index (κ1) is 12.6. The van der Waals surface area contributed by atoms with Crippen LogP contribution in [0.4, 0.5) is 0 Å². The molecule has 18 heavy (non-hydrogen) atoms. The summed E-state index contributed by atoms with van der Waals surface area (Å²) >= 11 is 0. The van der Waals surface area contributed by atoms with Crippen LogP contribution < -0.4 is 10.5 Å². The Bertz CT molecular complexity index is 428. The second kappa shape index (κ2) is 5.69. The predicted octanol–water partition coefficient (Wildman–Crippen LogP) is 1.42. The predicted molar refractivity (Wildman–Crippen MR) is 70.6 cm³/mol. The largest absolute Gasteiger partial charge is 0.490 e. The molecule has 1 atom stereocenters. The van der Waals surface area contributed by atoms with E-state index in [1.807, 2.05) is 0 Å². The number of likely N-dealkylation sites (tertiary alicyclic amines) is 1. The highest BCUT2D eigenvalue weighted by Crippen LogP contribution is 2.16. The summed E-state index contributed by atoms with van der Waals surface area (Å²) in [6, 6.07) is 7.28. The summed E-state index contributed by atoms with van der Waals surface area (Å²) in [5.74, 6) is 0.780. The van der Waals surface area contributed by atoms with Crippen molar-refractivity contribution in [3.63, 3.8) is 0 Å².